The van der Waals surface area contributed by atoms with Crippen molar-refractivity contribution in [3.63, 3.8) is 0 Å². The van der Waals surface area contributed by atoms with Crippen molar-refractivity contribution in [2.75, 3.05) is 13.1 Å². The van der Waals surface area contributed by atoms with Crippen molar-refractivity contribution in [3.8, 4) is 0 Å². The zero-order valence-electron chi connectivity index (χ0n) is 13.2. The summed E-state index contributed by atoms with van der Waals surface area (Å²) in [6, 6.07) is 6.48. The molecular weight excluding hydrogens is 326 g/mol. The highest BCUT2D eigenvalue weighted by atomic mass is 16.4. The third-order valence-corrected chi connectivity index (χ3v) is 4.30. The molecule has 0 saturated carbocycles. The summed E-state index contributed by atoms with van der Waals surface area (Å²) in [5, 5.41) is 19.7. The predicted octanol–water partition coefficient (Wildman–Crippen LogP) is 0.125. The number of aliphatic hydroxyl groups is 1. The molecule has 2 amide bonds. The molecule has 1 aromatic heterocycles. The molecule has 8 heteroatoms. The molecule has 1 saturated heterocycles. The number of carbonyl (C=O) groups is 3. The molecule has 0 spiro atoms. The van der Waals surface area contributed by atoms with E-state index in [1.54, 1.807) is 24.4 Å². The largest absolute Gasteiger partial charge is 0.478 e. The van der Waals surface area contributed by atoms with Crippen LogP contribution in [-0.2, 0) is 9.59 Å². The third-order valence-electron chi connectivity index (χ3n) is 4.30. The van der Waals surface area contributed by atoms with Crippen LogP contribution in [0.5, 0.6) is 0 Å². The Hall–Kier alpha value is -3.13. The number of carboxylic acid groups (broad SMARTS) is 1. The number of β-amino-alcohol motifs (C(OH)–C–C–N with tert-alkyl or cyclic N) is 1. The van der Waals surface area contributed by atoms with Crippen LogP contribution in [0.2, 0.25) is 0 Å². The van der Waals surface area contributed by atoms with Gasteiger partial charge in [0, 0.05) is 47.9 Å². The minimum absolute atomic E-state index is 0.118. The number of benzene rings is 1. The number of nitrogens with zero attached hydrogens (tertiary/aromatic N) is 2. The number of carbonyl (C=O) groups excluding carboxylic acids is 2. The Labute approximate surface area is 142 Å². The van der Waals surface area contributed by atoms with Crippen LogP contribution in [0, 0.1) is 0 Å². The predicted molar refractivity (Wildman–Crippen MR) is 88.9 cm³/mol. The molecule has 3 rings (SSSR count). The number of amides is 2. The number of rotatable bonds is 4. The molecule has 2 aromatic rings. The summed E-state index contributed by atoms with van der Waals surface area (Å²) < 4.78 is 1.85. The van der Waals surface area contributed by atoms with Gasteiger partial charge in [0.05, 0.1) is 12.1 Å². The fourth-order valence-corrected chi connectivity index (χ4v) is 3.08. The highest BCUT2D eigenvalue weighted by Crippen LogP contribution is 2.28. The van der Waals surface area contributed by atoms with Gasteiger partial charge in [0.25, 0.3) is 0 Å². The second-order valence-electron chi connectivity index (χ2n) is 5.91. The highest BCUT2D eigenvalue weighted by molar-refractivity contribution is 5.97. The Morgan fingerprint density at radius 2 is 1.92 bits per heavy atom. The number of hydrogen-bond acceptors (Lipinski definition) is 4. The normalized spacial score (nSPS) is 20.4. The lowest BCUT2D eigenvalue weighted by atomic mass is 10.1. The van der Waals surface area contributed by atoms with E-state index >= 15 is 0 Å². The zero-order chi connectivity index (χ0) is 18.1. The van der Waals surface area contributed by atoms with Crippen molar-refractivity contribution in [1.29, 1.82) is 0 Å². The summed E-state index contributed by atoms with van der Waals surface area (Å²) in [5.41, 5.74) is 6.48. The van der Waals surface area contributed by atoms with Gasteiger partial charge < -0.3 is 25.4 Å². The summed E-state index contributed by atoms with van der Waals surface area (Å²) in [4.78, 5) is 35.2. The van der Waals surface area contributed by atoms with Crippen molar-refractivity contribution in [3.05, 3.63) is 48.2 Å². The molecule has 1 aliphatic heterocycles. The Balaban J connectivity index is 1.85. The zero-order valence-corrected chi connectivity index (χ0v) is 13.2. The summed E-state index contributed by atoms with van der Waals surface area (Å²) in [6.07, 6.45) is 2.75. The van der Waals surface area contributed by atoms with Gasteiger partial charge in [-0.15, -0.1) is 0 Å². The van der Waals surface area contributed by atoms with Crippen LogP contribution in [-0.4, -0.2) is 56.7 Å². The monoisotopic (exact) mass is 343 g/mol. The molecule has 0 bridgehead atoms. The Bertz CT molecular complexity index is 886. The SMILES string of the molecule is NC(=O)c1ccc2c(ccn2[C@@H]2CN(C(=O)/C=C/C(=O)O)C[C@H]2O)c1. The number of aliphatic hydroxyl groups excluding tert-OH is 1. The molecule has 0 unspecified atom stereocenters. The van der Waals surface area contributed by atoms with Crippen LogP contribution < -0.4 is 5.73 Å². The lowest BCUT2D eigenvalue weighted by Gasteiger charge is -2.17. The average Bonchev–Trinajstić information content (AvgIpc) is 3.15. The summed E-state index contributed by atoms with van der Waals surface area (Å²) >= 11 is 0. The van der Waals surface area contributed by atoms with Crippen molar-refractivity contribution in [1.82, 2.24) is 9.47 Å². The third kappa shape index (κ3) is 3.24. The fourth-order valence-electron chi connectivity index (χ4n) is 3.08. The van der Waals surface area contributed by atoms with Gasteiger partial charge in [-0.3, -0.25) is 9.59 Å². The van der Waals surface area contributed by atoms with Crippen LogP contribution in [0.4, 0.5) is 0 Å². The highest BCUT2D eigenvalue weighted by Gasteiger charge is 2.34. The van der Waals surface area contributed by atoms with E-state index in [2.05, 4.69) is 0 Å². The summed E-state index contributed by atoms with van der Waals surface area (Å²) in [7, 11) is 0. The lowest BCUT2D eigenvalue weighted by molar-refractivity contribution is -0.132. The first-order valence-electron chi connectivity index (χ1n) is 7.65. The Morgan fingerprint density at radius 3 is 2.60 bits per heavy atom. The number of hydrogen-bond donors (Lipinski definition) is 3. The maximum Gasteiger partial charge on any atom is 0.328 e. The van der Waals surface area contributed by atoms with Gasteiger partial charge in [-0.05, 0) is 24.3 Å². The molecule has 0 radical (unpaired) electrons. The molecule has 8 nitrogen and oxygen atoms in total. The number of fused-ring (bicyclic) bond motifs is 1. The standard InChI is InChI=1S/C17H17N3O5/c18-17(25)11-1-2-12-10(7-11)5-6-20(12)13-8-19(9-14(13)21)15(22)3-4-16(23)24/h1-7,13-14,21H,8-9H2,(H2,18,25)(H,23,24)/b4-3+/t13-,14-/m1/s1. The van der Waals surface area contributed by atoms with Crippen LogP contribution in [0.25, 0.3) is 10.9 Å². The van der Waals surface area contributed by atoms with Crippen LogP contribution in [0.15, 0.2) is 42.6 Å². The molecule has 0 aliphatic carbocycles. The maximum atomic E-state index is 12.0. The minimum Gasteiger partial charge on any atom is -0.478 e. The lowest BCUT2D eigenvalue weighted by Crippen LogP contribution is -2.28. The van der Waals surface area contributed by atoms with E-state index in [-0.39, 0.29) is 19.1 Å². The van der Waals surface area contributed by atoms with Gasteiger partial charge in [-0.2, -0.15) is 0 Å². The Morgan fingerprint density at radius 1 is 1.16 bits per heavy atom. The van der Waals surface area contributed by atoms with Crippen molar-refractivity contribution in [2.45, 2.75) is 12.1 Å². The first kappa shape index (κ1) is 16.7. The van der Waals surface area contributed by atoms with Crippen molar-refractivity contribution >= 4 is 28.7 Å². The smallest absolute Gasteiger partial charge is 0.328 e. The van der Waals surface area contributed by atoms with E-state index in [0.29, 0.717) is 5.56 Å². The number of nitrogens with two attached hydrogens (primary N) is 1. The Kier molecular flexibility index (Phi) is 4.28. The summed E-state index contributed by atoms with van der Waals surface area (Å²) in [6.45, 7) is 0.373. The molecule has 1 fully saturated rings. The van der Waals surface area contributed by atoms with Crippen LogP contribution in [0.1, 0.15) is 16.4 Å². The maximum absolute atomic E-state index is 12.0. The number of carboxylic acids is 1. The number of aliphatic carboxylic acids is 1. The van der Waals surface area contributed by atoms with E-state index in [1.807, 2.05) is 10.6 Å². The molecule has 130 valence electrons. The first-order valence-corrected chi connectivity index (χ1v) is 7.65. The van der Waals surface area contributed by atoms with Crippen molar-refractivity contribution < 1.29 is 24.6 Å². The number of primary amides is 1. The van der Waals surface area contributed by atoms with Gasteiger partial charge in [0.1, 0.15) is 0 Å². The van der Waals surface area contributed by atoms with E-state index in [0.717, 1.165) is 23.1 Å². The summed E-state index contributed by atoms with van der Waals surface area (Å²) in [5.74, 6) is -2.18. The van der Waals surface area contributed by atoms with Gasteiger partial charge >= 0.3 is 5.97 Å². The molecule has 25 heavy (non-hydrogen) atoms. The fraction of sp³-hybridized carbons (Fsp3) is 0.235. The second-order valence-corrected chi connectivity index (χ2v) is 5.91. The first-order chi connectivity index (χ1) is 11.9. The molecule has 2 atom stereocenters. The molecule has 1 aliphatic rings. The minimum atomic E-state index is -1.20. The quantitative estimate of drug-likeness (QED) is 0.680. The van der Waals surface area contributed by atoms with Crippen molar-refractivity contribution in [2.24, 2.45) is 5.73 Å². The van der Waals surface area contributed by atoms with E-state index in [1.165, 1.54) is 4.90 Å². The number of likely N-dealkylation sites (tertiary alicyclic amines) is 1. The van der Waals surface area contributed by atoms with Crippen LogP contribution in [0.3, 0.4) is 0 Å². The van der Waals surface area contributed by atoms with E-state index < -0.39 is 23.9 Å². The van der Waals surface area contributed by atoms with Gasteiger partial charge in [0.15, 0.2) is 0 Å². The van der Waals surface area contributed by atoms with E-state index in [4.69, 9.17) is 10.8 Å². The average molecular weight is 343 g/mol. The molecule has 2 heterocycles. The molecule has 1 aromatic carbocycles. The van der Waals surface area contributed by atoms with Crippen LogP contribution >= 0.6 is 0 Å². The second kappa shape index (κ2) is 6.40. The molecule has 4 N–H and O–H groups in total. The number of aromatic nitrogens is 1. The van der Waals surface area contributed by atoms with Gasteiger partial charge in [-0.25, -0.2) is 4.79 Å². The molecular formula is C17H17N3O5. The van der Waals surface area contributed by atoms with Gasteiger partial charge in [0.2, 0.25) is 11.8 Å². The topological polar surface area (TPSA) is 126 Å². The van der Waals surface area contributed by atoms with Gasteiger partial charge in [-0.1, -0.05) is 0 Å². The van der Waals surface area contributed by atoms with E-state index in [9.17, 15) is 19.5 Å².